The van der Waals surface area contributed by atoms with Crippen molar-refractivity contribution in [2.24, 2.45) is 5.92 Å². The molecule has 1 spiro atoms. The number of carbonyl (C=O) groups is 1. The Morgan fingerprint density at radius 1 is 1.15 bits per heavy atom. The van der Waals surface area contributed by atoms with Crippen LogP contribution in [0, 0.1) is 5.92 Å². The monoisotopic (exact) mass is 280 g/mol. The Balaban J connectivity index is 1.71. The molecule has 1 unspecified atom stereocenters. The summed E-state index contributed by atoms with van der Waals surface area (Å²) < 4.78 is 12.0. The lowest BCUT2D eigenvalue weighted by Crippen LogP contribution is -2.52. The van der Waals surface area contributed by atoms with Crippen LogP contribution in [0.5, 0.6) is 0 Å². The van der Waals surface area contributed by atoms with Crippen LogP contribution < -0.4 is 0 Å². The summed E-state index contributed by atoms with van der Waals surface area (Å²) in [5.41, 5.74) is -0.402. The van der Waals surface area contributed by atoms with Gasteiger partial charge in [-0.3, -0.25) is 4.79 Å². The Hall–Kier alpha value is -0.410. The predicted octanol–water partition coefficient (Wildman–Crippen LogP) is 3.64. The van der Waals surface area contributed by atoms with Crippen molar-refractivity contribution in [3.05, 3.63) is 0 Å². The number of carbonyl (C=O) groups excluding carboxylic acids is 1. The molecule has 1 atom stereocenters. The van der Waals surface area contributed by atoms with Gasteiger partial charge in [-0.2, -0.15) is 0 Å². The number of ketones is 1. The van der Waals surface area contributed by atoms with Gasteiger partial charge in [0.2, 0.25) is 0 Å². The normalized spacial score (nSPS) is 31.8. The van der Waals surface area contributed by atoms with Gasteiger partial charge in [-0.05, 0) is 51.9 Å². The van der Waals surface area contributed by atoms with E-state index in [1.807, 2.05) is 6.92 Å². The van der Waals surface area contributed by atoms with E-state index >= 15 is 0 Å². The highest BCUT2D eigenvalue weighted by atomic mass is 16.5. The highest BCUT2D eigenvalue weighted by Crippen LogP contribution is 2.46. The third-order valence-electron chi connectivity index (χ3n) is 5.66. The topological polar surface area (TPSA) is 35.5 Å². The molecule has 0 N–H and O–H groups in total. The Bertz CT molecular complexity index is 348. The van der Waals surface area contributed by atoms with Crippen molar-refractivity contribution in [1.82, 2.24) is 0 Å². The number of hydrogen-bond acceptors (Lipinski definition) is 3. The molecule has 1 aliphatic heterocycles. The Morgan fingerprint density at radius 3 is 2.50 bits per heavy atom. The maximum atomic E-state index is 13.1. The molecule has 1 saturated heterocycles. The zero-order chi connectivity index (χ0) is 14.1. The van der Waals surface area contributed by atoms with Gasteiger partial charge in [0.25, 0.3) is 0 Å². The molecular weight excluding hydrogens is 252 g/mol. The quantitative estimate of drug-likeness (QED) is 0.788. The van der Waals surface area contributed by atoms with Gasteiger partial charge in [-0.15, -0.1) is 0 Å². The molecule has 0 aromatic heterocycles. The first-order valence-electron chi connectivity index (χ1n) is 8.52. The molecule has 0 amide bonds. The fourth-order valence-electron chi connectivity index (χ4n) is 4.40. The van der Waals surface area contributed by atoms with E-state index < -0.39 is 5.60 Å². The van der Waals surface area contributed by atoms with Crippen LogP contribution in [0.1, 0.15) is 71.1 Å². The maximum absolute atomic E-state index is 13.1. The van der Waals surface area contributed by atoms with E-state index in [-0.39, 0.29) is 11.5 Å². The van der Waals surface area contributed by atoms with E-state index in [0.717, 1.165) is 58.0 Å². The van der Waals surface area contributed by atoms with E-state index in [1.165, 1.54) is 12.8 Å². The zero-order valence-corrected chi connectivity index (χ0v) is 12.8. The van der Waals surface area contributed by atoms with Gasteiger partial charge in [0.05, 0.1) is 5.60 Å². The number of hydrogen-bond donors (Lipinski definition) is 0. The SMILES string of the molecule is CCOC1(C(=O)C2CCOC3(CCC3)C2)CCCCC1. The van der Waals surface area contributed by atoms with Gasteiger partial charge in [0, 0.05) is 19.1 Å². The Kier molecular flexibility index (Phi) is 4.19. The molecule has 3 nitrogen and oxygen atoms in total. The maximum Gasteiger partial charge on any atom is 0.167 e. The van der Waals surface area contributed by atoms with Crippen LogP contribution >= 0.6 is 0 Å². The fourth-order valence-corrected chi connectivity index (χ4v) is 4.40. The highest BCUT2D eigenvalue weighted by Gasteiger charge is 2.49. The van der Waals surface area contributed by atoms with Gasteiger partial charge in [0.15, 0.2) is 5.78 Å². The molecule has 3 aliphatic rings. The van der Waals surface area contributed by atoms with Gasteiger partial charge in [0.1, 0.15) is 5.60 Å². The summed E-state index contributed by atoms with van der Waals surface area (Å²) in [4.78, 5) is 13.1. The summed E-state index contributed by atoms with van der Waals surface area (Å²) in [5.74, 6) is 0.572. The predicted molar refractivity (Wildman–Crippen MR) is 77.7 cm³/mol. The average Bonchev–Trinajstić information content (AvgIpc) is 2.46. The summed E-state index contributed by atoms with van der Waals surface area (Å²) in [7, 11) is 0. The van der Waals surface area contributed by atoms with Crippen LogP contribution in [0.3, 0.4) is 0 Å². The fraction of sp³-hybridized carbons (Fsp3) is 0.941. The highest BCUT2D eigenvalue weighted by molar-refractivity contribution is 5.89. The third kappa shape index (κ3) is 2.55. The molecule has 0 radical (unpaired) electrons. The second kappa shape index (κ2) is 5.76. The van der Waals surface area contributed by atoms with Crippen LogP contribution in [-0.4, -0.2) is 30.2 Å². The van der Waals surface area contributed by atoms with Crippen molar-refractivity contribution < 1.29 is 14.3 Å². The van der Waals surface area contributed by atoms with Crippen molar-refractivity contribution >= 4 is 5.78 Å². The van der Waals surface area contributed by atoms with E-state index in [1.54, 1.807) is 0 Å². The van der Waals surface area contributed by atoms with Crippen LogP contribution in [-0.2, 0) is 14.3 Å². The first-order valence-corrected chi connectivity index (χ1v) is 8.52. The standard InChI is InChI=1S/C17H28O3/c1-2-19-17(10-4-3-5-11-17)15(18)14-7-12-20-16(13-14)8-6-9-16/h14H,2-13H2,1H3. The summed E-state index contributed by atoms with van der Waals surface area (Å²) in [5, 5.41) is 0. The third-order valence-corrected chi connectivity index (χ3v) is 5.66. The smallest absolute Gasteiger partial charge is 0.167 e. The summed E-state index contributed by atoms with van der Waals surface area (Å²) >= 11 is 0. The van der Waals surface area contributed by atoms with Crippen LogP contribution in [0.25, 0.3) is 0 Å². The van der Waals surface area contributed by atoms with Crippen molar-refractivity contribution in [3.8, 4) is 0 Å². The lowest BCUT2D eigenvalue weighted by Gasteiger charge is -2.48. The lowest BCUT2D eigenvalue weighted by atomic mass is 9.67. The Labute approximate surface area is 122 Å². The van der Waals surface area contributed by atoms with Crippen molar-refractivity contribution in [1.29, 1.82) is 0 Å². The average molecular weight is 280 g/mol. The minimum Gasteiger partial charge on any atom is -0.375 e. The summed E-state index contributed by atoms with van der Waals surface area (Å²) in [6.45, 7) is 3.43. The van der Waals surface area contributed by atoms with Crippen molar-refractivity contribution in [2.45, 2.75) is 82.3 Å². The van der Waals surface area contributed by atoms with Crippen molar-refractivity contribution in [2.75, 3.05) is 13.2 Å². The van der Waals surface area contributed by atoms with Gasteiger partial charge < -0.3 is 9.47 Å². The van der Waals surface area contributed by atoms with Crippen LogP contribution in [0.2, 0.25) is 0 Å². The van der Waals surface area contributed by atoms with Gasteiger partial charge >= 0.3 is 0 Å². The van der Waals surface area contributed by atoms with E-state index in [2.05, 4.69) is 0 Å². The molecule has 114 valence electrons. The molecule has 0 aromatic carbocycles. The van der Waals surface area contributed by atoms with E-state index in [4.69, 9.17) is 9.47 Å². The molecule has 3 fully saturated rings. The number of rotatable bonds is 4. The molecule has 0 aromatic rings. The molecule has 1 heterocycles. The second-order valence-corrected chi connectivity index (χ2v) is 6.93. The number of Topliss-reactive ketones (excluding diaryl/α,β-unsaturated/α-hetero) is 1. The van der Waals surface area contributed by atoms with E-state index in [9.17, 15) is 4.79 Å². The molecule has 2 aliphatic carbocycles. The van der Waals surface area contributed by atoms with Crippen LogP contribution in [0.4, 0.5) is 0 Å². The lowest BCUT2D eigenvalue weighted by molar-refractivity contribution is -0.173. The van der Waals surface area contributed by atoms with Gasteiger partial charge in [-0.1, -0.05) is 19.3 Å². The first kappa shape index (κ1) is 14.5. The molecule has 3 heteroatoms. The molecule has 20 heavy (non-hydrogen) atoms. The van der Waals surface area contributed by atoms with Gasteiger partial charge in [-0.25, -0.2) is 0 Å². The minimum atomic E-state index is -0.458. The molecule has 0 bridgehead atoms. The minimum absolute atomic E-state index is 0.0562. The van der Waals surface area contributed by atoms with Crippen LogP contribution in [0.15, 0.2) is 0 Å². The van der Waals surface area contributed by atoms with E-state index in [0.29, 0.717) is 12.4 Å². The second-order valence-electron chi connectivity index (χ2n) is 6.93. The first-order chi connectivity index (χ1) is 9.70. The van der Waals surface area contributed by atoms with Crippen molar-refractivity contribution in [3.63, 3.8) is 0 Å². The summed E-state index contributed by atoms with van der Waals surface area (Å²) in [6, 6.07) is 0. The summed E-state index contributed by atoms with van der Waals surface area (Å²) in [6.07, 6.45) is 10.8. The zero-order valence-electron chi connectivity index (χ0n) is 12.8. The largest absolute Gasteiger partial charge is 0.375 e. The Morgan fingerprint density at radius 2 is 1.90 bits per heavy atom. The molecule has 2 saturated carbocycles. The molecular formula is C17H28O3. The number of ether oxygens (including phenoxy) is 2. The molecule has 3 rings (SSSR count).